The number of phenols is 3. The van der Waals surface area contributed by atoms with E-state index in [1.807, 2.05) is 0 Å². The Morgan fingerprint density at radius 3 is 2.29 bits per heavy atom. The van der Waals surface area contributed by atoms with Crippen molar-refractivity contribution in [2.75, 3.05) is 6.61 Å². The van der Waals surface area contributed by atoms with Crippen molar-refractivity contribution in [2.45, 2.75) is 36.8 Å². The molecule has 0 aromatic heterocycles. The Labute approximate surface area is 176 Å². The summed E-state index contributed by atoms with van der Waals surface area (Å²) in [6.07, 6.45) is -6.74. The highest BCUT2D eigenvalue weighted by Gasteiger charge is 2.46. The van der Waals surface area contributed by atoms with E-state index in [9.17, 15) is 35.7 Å². The highest BCUT2D eigenvalue weighted by molar-refractivity contribution is 5.69. The molecule has 0 aliphatic carbocycles. The van der Waals surface area contributed by atoms with E-state index in [2.05, 4.69) is 4.74 Å². The van der Waals surface area contributed by atoms with Crippen molar-refractivity contribution in [1.29, 1.82) is 0 Å². The fourth-order valence-electron chi connectivity index (χ4n) is 3.58. The van der Waals surface area contributed by atoms with Crippen LogP contribution in [0, 0.1) is 0 Å². The molecule has 10 heteroatoms. The number of aliphatic hydroxyl groups is 5. The number of fused-ring (bicyclic) bond motifs is 1. The molecule has 10 nitrogen and oxygen atoms in total. The van der Waals surface area contributed by atoms with E-state index in [1.165, 1.54) is 24.3 Å². The molecule has 2 aliphatic rings. The second-order valence-corrected chi connectivity index (χ2v) is 7.38. The van der Waals surface area contributed by atoms with Gasteiger partial charge in [0.05, 0.1) is 18.2 Å². The van der Waals surface area contributed by atoms with Gasteiger partial charge in [-0.05, 0) is 24.3 Å². The third-order valence-electron chi connectivity index (χ3n) is 5.25. The van der Waals surface area contributed by atoms with Gasteiger partial charge in [0, 0.05) is 12.1 Å². The molecule has 8 N–H and O–H groups in total. The van der Waals surface area contributed by atoms with Gasteiger partial charge in [-0.2, -0.15) is 0 Å². The monoisotopic (exact) mass is 435 g/mol. The first-order chi connectivity index (χ1) is 14.8. The largest absolute Gasteiger partial charge is 0.571 e. The van der Waals surface area contributed by atoms with Crippen LogP contribution in [0.15, 0.2) is 42.2 Å². The molecule has 0 amide bonds. The van der Waals surface area contributed by atoms with Crippen LogP contribution in [0.1, 0.15) is 17.2 Å². The number of aromatic hydroxyl groups is 4. The smallest absolute Gasteiger partial charge is 0.270 e. The molecule has 2 aromatic rings. The molecule has 1 fully saturated rings. The van der Waals surface area contributed by atoms with Crippen LogP contribution in [0.5, 0.6) is 23.0 Å². The summed E-state index contributed by atoms with van der Waals surface area (Å²) < 4.78 is 15.7. The van der Waals surface area contributed by atoms with Crippen molar-refractivity contribution in [1.82, 2.24) is 0 Å². The zero-order valence-corrected chi connectivity index (χ0v) is 16.1. The SMILES string of the molecule is OC[C@@H]1O[C@H](OC2=Cc3c(O)cc(O)cc3[OH+]C2c2ccc(O)cc2)[C@@H](O)[C@H](O)[C@H]1O. The van der Waals surface area contributed by atoms with Gasteiger partial charge in [-0.1, -0.05) is 0 Å². The highest BCUT2D eigenvalue weighted by Crippen LogP contribution is 2.45. The van der Waals surface area contributed by atoms with Gasteiger partial charge < -0.3 is 50.0 Å². The standard InChI is InChI=1S/C21H22O10/c22-8-16-17(26)18(27)19(28)21(31-16)30-15-7-12-13(25)5-11(24)6-14(12)29-20(15)9-1-3-10(23)4-2-9/h1-7,16-28H,8H2/p+1/t16-,17-,18+,19-,20?,21-/m0/s1. The first kappa shape index (κ1) is 21.2. The van der Waals surface area contributed by atoms with Crippen molar-refractivity contribution in [3.63, 3.8) is 0 Å². The van der Waals surface area contributed by atoms with E-state index in [0.29, 0.717) is 5.56 Å². The molecule has 31 heavy (non-hydrogen) atoms. The maximum absolute atomic E-state index is 10.3. The lowest BCUT2D eigenvalue weighted by Gasteiger charge is -2.40. The van der Waals surface area contributed by atoms with Crippen molar-refractivity contribution < 1.29 is 50.0 Å². The summed E-state index contributed by atoms with van der Waals surface area (Å²) in [5.41, 5.74) is 0.842. The number of benzene rings is 2. The average molecular weight is 435 g/mol. The summed E-state index contributed by atoms with van der Waals surface area (Å²) >= 11 is 0. The van der Waals surface area contributed by atoms with Gasteiger partial charge in [0.15, 0.2) is 5.76 Å². The Balaban J connectivity index is 1.72. The van der Waals surface area contributed by atoms with Crippen LogP contribution in [0.4, 0.5) is 0 Å². The molecule has 6 atom stereocenters. The summed E-state index contributed by atoms with van der Waals surface area (Å²) in [5.74, 6) is 0.0184. The second-order valence-electron chi connectivity index (χ2n) is 7.38. The van der Waals surface area contributed by atoms with Crippen molar-refractivity contribution in [3.05, 3.63) is 53.3 Å². The van der Waals surface area contributed by atoms with Crippen LogP contribution in [0.2, 0.25) is 0 Å². The lowest BCUT2D eigenvalue weighted by molar-refractivity contribution is -0.295. The maximum atomic E-state index is 10.3. The molecular weight excluding hydrogens is 412 g/mol. The van der Waals surface area contributed by atoms with Crippen molar-refractivity contribution >= 4 is 6.08 Å². The lowest BCUT2D eigenvalue weighted by Crippen LogP contribution is -2.59. The predicted octanol–water partition coefficient (Wildman–Crippen LogP) is -0.0430. The molecule has 166 valence electrons. The fourth-order valence-corrected chi connectivity index (χ4v) is 3.58. The Morgan fingerprint density at radius 1 is 0.903 bits per heavy atom. The van der Waals surface area contributed by atoms with Gasteiger partial charge in [0.2, 0.25) is 6.29 Å². The maximum Gasteiger partial charge on any atom is 0.270 e. The molecule has 0 saturated carbocycles. The minimum absolute atomic E-state index is 0.0376. The summed E-state index contributed by atoms with van der Waals surface area (Å²) in [7, 11) is 0. The molecule has 2 aliphatic heterocycles. The number of ether oxygens (including phenoxy) is 3. The van der Waals surface area contributed by atoms with Gasteiger partial charge in [-0.3, -0.25) is 0 Å². The van der Waals surface area contributed by atoms with Gasteiger partial charge in [-0.25, -0.2) is 0 Å². The zero-order valence-electron chi connectivity index (χ0n) is 16.1. The molecule has 1 saturated heterocycles. The van der Waals surface area contributed by atoms with E-state index >= 15 is 0 Å². The lowest BCUT2D eigenvalue weighted by atomic mass is 9.98. The van der Waals surface area contributed by atoms with E-state index < -0.39 is 43.4 Å². The van der Waals surface area contributed by atoms with Gasteiger partial charge >= 0.3 is 0 Å². The van der Waals surface area contributed by atoms with E-state index in [0.717, 1.165) is 6.07 Å². The molecule has 0 spiro atoms. The van der Waals surface area contributed by atoms with Crippen LogP contribution >= 0.6 is 0 Å². The van der Waals surface area contributed by atoms with Gasteiger partial charge in [0.1, 0.15) is 47.2 Å². The molecule has 0 radical (unpaired) electrons. The van der Waals surface area contributed by atoms with E-state index in [-0.39, 0.29) is 34.3 Å². The Kier molecular flexibility index (Phi) is 5.65. The number of aliphatic hydroxyl groups excluding tert-OH is 4. The van der Waals surface area contributed by atoms with Crippen molar-refractivity contribution in [3.8, 4) is 23.0 Å². The third kappa shape index (κ3) is 3.99. The van der Waals surface area contributed by atoms with Gasteiger partial charge in [-0.15, -0.1) is 0 Å². The van der Waals surface area contributed by atoms with Crippen LogP contribution in [-0.4, -0.2) is 77.8 Å². The Bertz CT molecular complexity index is 971. The molecule has 1 unspecified atom stereocenters. The molecule has 2 aromatic carbocycles. The Hall–Kier alpha value is -3.02. The number of phenolic OH excluding ortho intramolecular Hbond substituents is 3. The zero-order chi connectivity index (χ0) is 22.3. The van der Waals surface area contributed by atoms with Gasteiger partial charge in [0.25, 0.3) is 11.9 Å². The topological polar surface area (TPSA) is 173 Å². The predicted molar refractivity (Wildman–Crippen MR) is 105 cm³/mol. The van der Waals surface area contributed by atoms with E-state index in [4.69, 9.17) is 9.47 Å². The second kappa shape index (κ2) is 8.25. The van der Waals surface area contributed by atoms with Crippen molar-refractivity contribution in [2.24, 2.45) is 0 Å². The first-order valence-electron chi connectivity index (χ1n) is 9.53. The normalized spacial score (nSPS) is 30.1. The fraction of sp³-hybridized carbons (Fsp3) is 0.333. The molecule has 4 rings (SSSR count). The average Bonchev–Trinajstić information content (AvgIpc) is 2.74. The van der Waals surface area contributed by atoms with Crippen LogP contribution in [0.25, 0.3) is 6.08 Å². The third-order valence-corrected chi connectivity index (χ3v) is 5.25. The number of rotatable bonds is 4. The van der Waals surface area contributed by atoms with E-state index in [1.54, 1.807) is 12.1 Å². The minimum atomic E-state index is -1.63. The molecule has 0 bridgehead atoms. The summed E-state index contributed by atoms with van der Waals surface area (Å²) in [4.78, 5) is 0. The Morgan fingerprint density at radius 2 is 1.61 bits per heavy atom. The number of hydrogen-bond acceptors (Lipinski definition) is 9. The summed E-state index contributed by atoms with van der Waals surface area (Å²) in [6.45, 7) is -0.613. The van der Waals surface area contributed by atoms with Crippen LogP contribution in [-0.2, 0) is 9.47 Å². The molecular formula is C21H23O10+. The highest BCUT2D eigenvalue weighted by atomic mass is 16.7. The summed E-state index contributed by atoms with van der Waals surface area (Å²) in [5, 5.41) is 69.3. The van der Waals surface area contributed by atoms with Crippen LogP contribution in [0.3, 0.4) is 0 Å². The summed E-state index contributed by atoms with van der Waals surface area (Å²) in [6, 6.07) is 8.60. The van der Waals surface area contributed by atoms with Crippen LogP contribution < -0.4 is 0 Å². The minimum Gasteiger partial charge on any atom is -0.571 e. The quantitative estimate of drug-likeness (QED) is 0.325. The molecule has 2 heterocycles. The number of hydrogen-bond donors (Lipinski definition) is 7. The first-order valence-corrected chi connectivity index (χ1v) is 9.53.